The van der Waals surface area contributed by atoms with Crippen molar-refractivity contribution in [3.8, 4) is 27.9 Å². The molecule has 3 aromatic rings. The number of thiophene rings is 1. The molecule has 1 amide bonds. The smallest absolute Gasteiger partial charge is 0.255 e. The lowest BCUT2D eigenvalue weighted by molar-refractivity contribution is 0.0944. The molecular weight excluding hydrogens is 354 g/mol. The molecule has 0 atom stereocenters. The number of carbonyl (C=O) groups is 1. The molecule has 0 fully saturated rings. The summed E-state index contributed by atoms with van der Waals surface area (Å²) < 4.78 is 21.7. The average molecular weight is 373 g/mol. The number of furan rings is 1. The first-order valence-electron chi connectivity index (χ1n) is 7.87. The van der Waals surface area contributed by atoms with Crippen molar-refractivity contribution in [2.75, 3.05) is 21.3 Å². The normalized spacial score (nSPS) is 10.4. The van der Waals surface area contributed by atoms with E-state index in [-0.39, 0.29) is 12.5 Å². The van der Waals surface area contributed by atoms with Crippen LogP contribution >= 0.6 is 11.3 Å². The fraction of sp³-hybridized carbons (Fsp3) is 0.211. The van der Waals surface area contributed by atoms with Crippen molar-refractivity contribution in [3.63, 3.8) is 0 Å². The predicted molar refractivity (Wildman–Crippen MR) is 99.3 cm³/mol. The average Bonchev–Trinajstić information content (AvgIpc) is 3.35. The van der Waals surface area contributed by atoms with Gasteiger partial charge in [-0.25, -0.2) is 0 Å². The SMILES string of the molecule is COc1ccc(C(=O)NCc2ccc(-c3cccs3)o2)c(OC)c1OC. The van der Waals surface area contributed by atoms with Gasteiger partial charge in [-0.3, -0.25) is 4.79 Å². The van der Waals surface area contributed by atoms with Gasteiger partial charge in [-0.15, -0.1) is 11.3 Å². The summed E-state index contributed by atoms with van der Waals surface area (Å²) in [6.07, 6.45) is 0. The lowest BCUT2D eigenvalue weighted by Crippen LogP contribution is -2.23. The second-order valence-corrected chi connectivity index (χ2v) is 6.26. The van der Waals surface area contributed by atoms with Crippen molar-refractivity contribution >= 4 is 17.2 Å². The maximum absolute atomic E-state index is 12.6. The minimum absolute atomic E-state index is 0.266. The predicted octanol–water partition coefficient (Wildman–Crippen LogP) is 3.96. The molecule has 0 aliphatic carbocycles. The van der Waals surface area contributed by atoms with E-state index < -0.39 is 0 Å². The lowest BCUT2D eigenvalue weighted by Gasteiger charge is -2.15. The van der Waals surface area contributed by atoms with Crippen molar-refractivity contribution in [2.24, 2.45) is 0 Å². The van der Waals surface area contributed by atoms with Crippen molar-refractivity contribution in [2.45, 2.75) is 6.54 Å². The summed E-state index contributed by atoms with van der Waals surface area (Å²) in [5.74, 6) is 2.35. The van der Waals surface area contributed by atoms with E-state index in [4.69, 9.17) is 18.6 Å². The molecule has 26 heavy (non-hydrogen) atoms. The molecule has 0 radical (unpaired) electrons. The van der Waals surface area contributed by atoms with E-state index in [1.165, 1.54) is 21.3 Å². The van der Waals surface area contributed by atoms with Crippen LogP contribution in [0.4, 0.5) is 0 Å². The fourth-order valence-corrected chi connectivity index (χ4v) is 3.25. The molecule has 2 heterocycles. The van der Waals surface area contributed by atoms with Crippen LogP contribution in [-0.2, 0) is 6.54 Å². The maximum atomic E-state index is 12.6. The van der Waals surface area contributed by atoms with Crippen molar-refractivity contribution in [1.29, 1.82) is 0 Å². The summed E-state index contributed by atoms with van der Waals surface area (Å²) in [5, 5.41) is 4.82. The number of methoxy groups -OCH3 is 3. The highest BCUT2D eigenvalue weighted by molar-refractivity contribution is 7.13. The standard InChI is InChI=1S/C19H19NO5S/c1-22-15-9-7-13(17(23-2)18(15)24-3)19(21)20-11-12-6-8-14(25-12)16-5-4-10-26-16/h4-10H,11H2,1-3H3,(H,20,21). The molecule has 1 aromatic carbocycles. The van der Waals surface area contributed by atoms with E-state index in [0.29, 0.717) is 28.6 Å². The Bertz CT molecular complexity index is 885. The first kappa shape index (κ1) is 17.9. The second kappa shape index (κ2) is 7.97. The number of hydrogen-bond acceptors (Lipinski definition) is 6. The van der Waals surface area contributed by atoms with Crippen LogP contribution < -0.4 is 19.5 Å². The number of rotatable bonds is 7. The van der Waals surface area contributed by atoms with Gasteiger partial charge in [-0.05, 0) is 35.7 Å². The highest BCUT2D eigenvalue weighted by atomic mass is 32.1. The van der Waals surface area contributed by atoms with Gasteiger partial charge in [0.25, 0.3) is 5.91 Å². The van der Waals surface area contributed by atoms with Crippen LogP contribution in [0.15, 0.2) is 46.2 Å². The van der Waals surface area contributed by atoms with E-state index in [1.54, 1.807) is 23.5 Å². The van der Waals surface area contributed by atoms with Gasteiger partial charge in [0.2, 0.25) is 5.75 Å². The summed E-state index contributed by atoms with van der Waals surface area (Å²) in [6, 6.07) is 11.0. The molecule has 136 valence electrons. The summed E-state index contributed by atoms with van der Waals surface area (Å²) in [6.45, 7) is 0.266. The molecule has 1 N–H and O–H groups in total. The largest absolute Gasteiger partial charge is 0.493 e. The number of hydrogen-bond donors (Lipinski definition) is 1. The number of carbonyl (C=O) groups excluding carboxylic acids is 1. The van der Waals surface area contributed by atoms with Crippen molar-refractivity contribution < 1.29 is 23.4 Å². The third-order valence-electron chi connectivity index (χ3n) is 3.80. The second-order valence-electron chi connectivity index (χ2n) is 5.31. The Kier molecular flexibility index (Phi) is 5.48. The Morgan fingerprint density at radius 1 is 1.04 bits per heavy atom. The molecule has 0 bridgehead atoms. The van der Waals surface area contributed by atoms with Gasteiger partial charge in [-0.1, -0.05) is 6.07 Å². The van der Waals surface area contributed by atoms with E-state index in [0.717, 1.165) is 10.6 Å². The first-order valence-corrected chi connectivity index (χ1v) is 8.75. The zero-order valence-electron chi connectivity index (χ0n) is 14.7. The molecule has 6 nitrogen and oxygen atoms in total. The van der Waals surface area contributed by atoms with Gasteiger partial charge >= 0.3 is 0 Å². The maximum Gasteiger partial charge on any atom is 0.255 e. The zero-order valence-corrected chi connectivity index (χ0v) is 15.5. The summed E-state index contributed by atoms with van der Waals surface area (Å²) in [5.41, 5.74) is 0.357. The molecule has 0 saturated heterocycles. The van der Waals surface area contributed by atoms with Gasteiger partial charge in [0, 0.05) is 0 Å². The monoisotopic (exact) mass is 373 g/mol. The molecule has 2 aromatic heterocycles. The number of amides is 1. The Morgan fingerprint density at radius 2 is 1.85 bits per heavy atom. The molecule has 0 saturated carbocycles. The molecule has 0 aliphatic rings. The van der Waals surface area contributed by atoms with Gasteiger partial charge in [0.15, 0.2) is 11.5 Å². The summed E-state index contributed by atoms with van der Waals surface area (Å²) >= 11 is 1.60. The van der Waals surface area contributed by atoms with Gasteiger partial charge < -0.3 is 23.9 Å². The van der Waals surface area contributed by atoms with Gasteiger partial charge in [0.05, 0.1) is 38.3 Å². The van der Waals surface area contributed by atoms with E-state index >= 15 is 0 Å². The van der Waals surface area contributed by atoms with Crippen LogP contribution in [0.5, 0.6) is 17.2 Å². The third-order valence-corrected chi connectivity index (χ3v) is 4.68. The Labute approximate surface area is 155 Å². The molecular formula is C19H19NO5S. The molecule has 7 heteroatoms. The van der Waals surface area contributed by atoms with E-state index in [9.17, 15) is 4.79 Å². The fourth-order valence-electron chi connectivity index (χ4n) is 2.57. The highest BCUT2D eigenvalue weighted by Gasteiger charge is 2.20. The number of nitrogens with one attached hydrogen (secondary N) is 1. The van der Waals surface area contributed by atoms with Crippen molar-refractivity contribution in [1.82, 2.24) is 5.32 Å². The highest BCUT2D eigenvalue weighted by Crippen LogP contribution is 2.39. The molecule has 0 aliphatic heterocycles. The quantitative estimate of drug-likeness (QED) is 0.679. The van der Waals surface area contributed by atoms with Crippen LogP contribution in [-0.4, -0.2) is 27.2 Å². The van der Waals surface area contributed by atoms with Crippen LogP contribution in [0.25, 0.3) is 10.6 Å². The Hall–Kier alpha value is -2.93. The first-order chi connectivity index (χ1) is 12.7. The van der Waals surface area contributed by atoms with Gasteiger partial charge in [-0.2, -0.15) is 0 Å². The van der Waals surface area contributed by atoms with Crippen LogP contribution in [0.2, 0.25) is 0 Å². The summed E-state index contributed by atoms with van der Waals surface area (Å²) in [7, 11) is 4.50. The lowest BCUT2D eigenvalue weighted by atomic mass is 10.1. The van der Waals surface area contributed by atoms with Crippen LogP contribution in [0.1, 0.15) is 16.1 Å². The Balaban J connectivity index is 1.74. The van der Waals surface area contributed by atoms with E-state index in [2.05, 4.69) is 5.32 Å². The van der Waals surface area contributed by atoms with Crippen LogP contribution in [0.3, 0.4) is 0 Å². The van der Waals surface area contributed by atoms with Crippen molar-refractivity contribution in [3.05, 3.63) is 53.1 Å². The molecule has 3 rings (SSSR count). The Morgan fingerprint density at radius 3 is 2.50 bits per heavy atom. The van der Waals surface area contributed by atoms with Crippen LogP contribution in [0, 0.1) is 0 Å². The molecule has 0 unspecified atom stereocenters. The number of ether oxygens (including phenoxy) is 3. The van der Waals surface area contributed by atoms with Gasteiger partial charge in [0.1, 0.15) is 11.5 Å². The minimum atomic E-state index is -0.295. The summed E-state index contributed by atoms with van der Waals surface area (Å²) in [4.78, 5) is 13.6. The topological polar surface area (TPSA) is 69.9 Å². The minimum Gasteiger partial charge on any atom is -0.493 e. The van der Waals surface area contributed by atoms with E-state index in [1.807, 2.05) is 29.6 Å². The third kappa shape index (κ3) is 3.52. The molecule has 0 spiro atoms. The zero-order chi connectivity index (χ0) is 18.5. The number of benzene rings is 1.